The summed E-state index contributed by atoms with van der Waals surface area (Å²) in [4.78, 5) is 12.1. The molecule has 0 aliphatic carbocycles. The SMILES string of the molecule is C[C@@]1(NC(=O)c2cc(C(F)(F)F)cc(C(F)(F)F)c2)CCS(=O)(=O)C1. The Balaban J connectivity index is 2.39. The molecule has 1 aromatic rings. The Kier molecular flexibility index (Phi) is 4.60. The van der Waals surface area contributed by atoms with Crippen LogP contribution in [0.2, 0.25) is 0 Å². The van der Waals surface area contributed by atoms with Crippen LogP contribution in [0.25, 0.3) is 0 Å². The van der Waals surface area contributed by atoms with Gasteiger partial charge in [-0.15, -0.1) is 0 Å². The van der Waals surface area contributed by atoms with E-state index in [0.717, 1.165) is 0 Å². The van der Waals surface area contributed by atoms with Crippen molar-refractivity contribution < 1.29 is 39.6 Å². The number of nitrogens with one attached hydrogen (secondary N) is 1. The molecule has 1 aromatic carbocycles. The van der Waals surface area contributed by atoms with Crippen LogP contribution in [0.15, 0.2) is 18.2 Å². The molecule has 25 heavy (non-hydrogen) atoms. The highest BCUT2D eigenvalue weighted by molar-refractivity contribution is 7.91. The maximum atomic E-state index is 12.8. The summed E-state index contributed by atoms with van der Waals surface area (Å²) in [5.41, 5.74) is -5.32. The Morgan fingerprint density at radius 3 is 1.88 bits per heavy atom. The minimum Gasteiger partial charge on any atom is -0.346 e. The third-order valence-corrected chi connectivity index (χ3v) is 5.67. The number of hydrogen-bond donors (Lipinski definition) is 1. The van der Waals surface area contributed by atoms with Gasteiger partial charge < -0.3 is 5.32 Å². The number of sulfone groups is 1. The second-order valence-corrected chi connectivity index (χ2v) is 8.34. The van der Waals surface area contributed by atoms with Crippen molar-refractivity contribution in [1.82, 2.24) is 5.32 Å². The number of rotatable bonds is 2. The van der Waals surface area contributed by atoms with E-state index in [4.69, 9.17) is 0 Å². The smallest absolute Gasteiger partial charge is 0.346 e. The molecule has 1 fully saturated rings. The van der Waals surface area contributed by atoms with E-state index in [1.807, 2.05) is 0 Å². The molecule has 1 heterocycles. The first-order valence-corrected chi connectivity index (χ1v) is 8.76. The molecule has 0 saturated carbocycles. The Labute approximate surface area is 139 Å². The van der Waals surface area contributed by atoms with Gasteiger partial charge in [0.05, 0.1) is 28.2 Å². The molecule has 140 valence electrons. The zero-order valence-electron chi connectivity index (χ0n) is 12.8. The van der Waals surface area contributed by atoms with Crippen LogP contribution in [0, 0.1) is 0 Å². The Hall–Kier alpha value is -1.78. The van der Waals surface area contributed by atoms with Gasteiger partial charge in [0, 0.05) is 5.56 Å². The molecular formula is C14H13F6NO3S. The lowest BCUT2D eigenvalue weighted by molar-refractivity contribution is -0.143. The Morgan fingerprint density at radius 2 is 1.52 bits per heavy atom. The zero-order chi connectivity index (χ0) is 19.3. The van der Waals surface area contributed by atoms with Crippen molar-refractivity contribution in [1.29, 1.82) is 0 Å². The Morgan fingerprint density at radius 1 is 1.04 bits per heavy atom. The highest BCUT2D eigenvalue weighted by atomic mass is 32.2. The third kappa shape index (κ3) is 4.65. The van der Waals surface area contributed by atoms with Crippen LogP contribution in [0.1, 0.15) is 34.8 Å². The van der Waals surface area contributed by atoms with Crippen molar-refractivity contribution in [2.45, 2.75) is 31.2 Å². The van der Waals surface area contributed by atoms with Crippen molar-refractivity contribution in [2.24, 2.45) is 0 Å². The number of carbonyl (C=O) groups is 1. The number of carbonyl (C=O) groups excluding carboxylic acids is 1. The van der Waals surface area contributed by atoms with Crippen LogP contribution in [-0.2, 0) is 22.2 Å². The van der Waals surface area contributed by atoms with E-state index >= 15 is 0 Å². The van der Waals surface area contributed by atoms with Crippen LogP contribution in [0.4, 0.5) is 26.3 Å². The zero-order valence-corrected chi connectivity index (χ0v) is 13.6. The van der Waals surface area contributed by atoms with Gasteiger partial charge in [0.25, 0.3) is 5.91 Å². The summed E-state index contributed by atoms with van der Waals surface area (Å²) in [5.74, 6) is -1.85. The lowest BCUT2D eigenvalue weighted by Crippen LogP contribution is -2.47. The van der Waals surface area contributed by atoms with Gasteiger partial charge in [-0.25, -0.2) is 8.42 Å². The predicted molar refractivity (Wildman–Crippen MR) is 75.6 cm³/mol. The fraction of sp³-hybridized carbons (Fsp3) is 0.500. The van der Waals surface area contributed by atoms with E-state index in [2.05, 4.69) is 5.32 Å². The van der Waals surface area contributed by atoms with Gasteiger partial charge in [-0.1, -0.05) is 0 Å². The molecule has 1 aliphatic heterocycles. The summed E-state index contributed by atoms with van der Waals surface area (Å²) in [6.07, 6.45) is -10.1. The highest BCUT2D eigenvalue weighted by Gasteiger charge is 2.41. The summed E-state index contributed by atoms with van der Waals surface area (Å²) in [7, 11) is -3.42. The van der Waals surface area contributed by atoms with Gasteiger partial charge in [-0.2, -0.15) is 26.3 Å². The number of amides is 1. The molecule has 1 aliphatic rings. The molecule has 1 N–H and O–H groups in total. The fourth-order valence-corrected chi connectivity index (χ4v) is 4.63. The average Bonchev–Trinajstić information content (AvgIpc) is 2.70. The minimum absolute atomic E-state index is 0.0200. The van der Waals surface area contributed by atoms with Gasteiger partial charge in [-0.05, 0) is 31.5 Å². The molecule has 0 aromatic heterocycles. The largest absolute Gasteiger partial charge is 0.416 e. The Bertz CT molecular complexity index is 768. The van der Waals surface area contributed by atoms with Gasteiger partial charge in [0.15, 0.2) is 9.84 Å². The lowest BCUT2D eigenvalue weighted by atomic mass is 9.99. The molecule has 0 bridgehead atoms. The number of alkyl halides is 6. The van der Waals surface area contributed by atoms with E-state index < -0.39 is 56.1 Å². The molecule has 0 radical (unpaired) electrons. The van der Waals surface area contributed by atoms with Crippen molar-refractivity contribution in [3.8, 4) is 0 Å². The van der Waals surface area contributed by atoms with Crippen LogP contribution in [0.5, 0.6) is 0 Å². The monoisotopic (exact) mass is 389 g/mol. The quantitative estimate of drug-likeness (QED) is 0.791. The van der Waals surface area contributed by atoms with E-state index in [0.29, 0.717) is 12.1 Å². The summed E-state index contributed by atoms with van der Waals surface area (Å²) < 4.78 is 99.8. The summed E-state index contributed by atoms with van der Waals surface area (Å²) >= 11 is 0. The highest BCUT2D eigenvalue weighted by Crippen LogP contribution is 2.36. The van der Waals surface area contributed by atoms with Gasteiger partial charge in [0.1, 0.15) is 0 Å². The van der Waals surface area contributed by atoms with Gasteiger partial charge >= 0.3 is 12.4 Å². The summed E-state index contributed by atoms with van der Waals surface area (Å²) in [5, 5.41) is 2.23. The van der Waals surface area contributed by atoms with E-state index in [1.165, 1.54) is 6.92 Å². The first kappa shape index (κ1) is 19.5. The maximum absolute atomic E-state index is 12.8. The molecule has 0 unspecified atom stereocenters. The molecule has 1 saturated heterocycles. The lowest BCUT2D eigenvalue weighted by Gasteiger charge is -2.24. The molecule has 11 heteroatoms. The number of benzene rings is 1. The molecule has 1 atom stereocenters. The normalized spacial score (nSPS) is 23.5. The van der Waals surface area contributed by atoms with Crippen molar-refractivity contribution in [3.05, 3.63) is 34.9 Å². The maximum Gasteiger partial charge on any atom is 0.416 e. The summed E-state index contributed by atoms with van der Waals surface area (Å²) in [6, 6.07) is 0.521. The van der Waals surface area contributed by atoms with Crippen LogP contribution in [0.3, 0.4) is 0 Å². The van der Waals surface area contributed by atoms with Crippen molar-refractivity contribution in [2.75, 3.05) is 11.5 Å². The van der Waals surface area contributed by atoms with Crippen LogP contribution in [-0.4, -0.2) is 31.4 Å². The number of hydrogen-bond acceptors (Lipinski definition) is 3. The molecule has 1 amide bonds. The standard InChI is InChI=1S/C14H13F6NO3S/c1-12(2-3-25(23,24)7-12)21-11(22)8-4-9(13(15,16)17)6-10(5-8)14(18,19)20/h4-6H,2-3,7H2,1H3,(H,21,22)/t12-/m1/s1. The van der Waals surface area contributed by atoms with Gasteiger partial charge in [-0.3, -0.25) is 4.79 Å². The molecule has 4 nitrogen and oxygen atoms in total. The second-order valence-electron chi connectivity index (χ2n) is 6.15. The molecular weight excluding hydrogens is 376 g/mol. The summed E-state index contributed by atoms with van der Waals surface area (Å²) in [6.45, 7) is 1.37. The molecule has 0 spiro atoms. The average molecular weight is 389 g/mol. The van der Waals surface area contributed by atoms with Gasteiger partial charge in [0.2, 0.25) is 0 Å². The fourth-order valence-electron chi connectivity index (χ4n) is 2.54. The van der Waals surface area contributed by atoms with Crippen LogP contribution >= 0.6 is 0 Å². The topological polar surface area (TPSA) is 63.2 Å². The first-order chi connectivity index (χ1) is 11.1. The van der Waals surface area contributed by atoms with Crippen LogP contribution < -0.4 is 5.32 Å². The van der Waals surface area contributed by atoms with E-state index in [9.17, 15) is 39.6 Å². The minimum atomic E-state index is -5.07. The first-order valence-electron chi connectivity index (χ1n) is 6.94. The van der Waals surface area contributed by atoms with E-state index in [1.54, 1.807) is 0 Å². The predicted octanol–water partition coefficient (Wildman–Crippen LogP) is 3.03. The number of halogens is 6. The second kappa shape index (κ2) is 5.89. The molecule has 2 rings (SSSR count). The third-order valence-electron chi connectivity index (χ3n) is 3.77. The van der Waals surface area contributed by atoms with E-state index in [-0.39, 0.29) is 18.2 Å². The van der Waals surface area contributed by atoms with Crippen molar-refractivity contribution in [3.63, 3.8) is 0 Å². The van der Waals surface area contributed by atoms with Crippen molar-refractivity contribution >= 4 is 15.7 Å².